The molecule has 12 nitrogen and oxygen atoms in total. The highest BCUT2D eigenvalue weighted by molar-refractivity contribution is 5.78. The second-order valence-corrected chi connectivity index (χ2v) is 11.9. The molecule has 4 heterocycles. The zero-order valence-corrected chi connectivity index (χ0v) is 27.0. The van der Waals surface area contributed by atoms with E-state index in [-0.39, 0.29) is 57.9 Å². The van der Waals surface area contributed by atoms with Crippen molar-refractivity contribution in [2.75, 3.05) is 0 Å². The van der Waals surface area contributed by atoms with Gasteiger partial charge < -0.3 is 20.2 Å². The van der Waals surface area contributed by atoms with E-state index < -0.39 is 59.9 Å². The quantitative estimate of drug-likeness (QED) is 0.142. The fraction of sp³-hybridized carbons (Fsp3) is 0.333. The van der Waals surface area contributed by atoms with Crippen LogP contribution in [0.3, 0.4) is 0 Å². The number of alkyl halides is 6. The summed E-state index contributed by atoms with van der Waals surface area (Å²) in [6, 6.07) is 7.28. The molecule has 4 aromatic heterocycles. The summed E-state index contributed by atoms with van der Waals surface area (Å²) >= 11 is 0. The van der Waals surface area contributed by atoms with E-state index in [1.165, 1.54) is 40.6 Å². The first kappa shape index (κ1) is 35.5. The van der Waals surface area contributed by atoms with Crippen molar-refractivity contribution in [1.82, 2.24) is 39.5 Å². The van der Waals surface area contributed by atoms with Crippen LogP contribution in [-0.4, -0.2) is 49.7 Å². The fourth-order valence-corrected chi connectivity index (χ4v) is 6.20. The lowest BCUT2D eigenvalue weighted by Crippen LogP contribution is -2.19. The fourth-order valence-electron chi connectivity index (χ4n) is 6.20. The summed E-state index contributed by atoms with van der Waals surface area (Å²) < 4.78 is 82.8. The zero-order valence-electron chi connectivity index (χ0n) is 27.0. The minimum absolute atomic E-state index is 0.00192. The Balaban J connectivity index is 1.44. The van der Waals surface area contributed by atoms with Gasteiger partial charge in [-0.05, 0) is 55.2 Å². The van der Waals surface area contributed by atoms with Gasteiger partial charge in [-0.15, -0.1) is 0 Å². The van der Waals surface area contributed by atoms with Gasteiger partial charge in [0.15, 0.2) is 11.3 Å². The second-order valence-electron chi connectivity index (χ2n) is 11.9. The van der Waals surface area contributed by atoms with Gasteiger partial charge in [0.2, 0.25) is 0 Å². The third-order valence-corrected chi connectivity index (χ3v) is 8.61. The molecule has 0 saturated heterocycles. The molecule has 0 radical (unpaired) electrons. The Kier molecular flexibility index (Phi) is 9.32. The molecule has 0 bridgehead atoms. The highest BCUT2D eigenvalue weighted by Crippen LogP contribution is 2.34. The van der Waals surface area contributed by atoms with E-state index in [2.05, 4.69) is 30.1 Å². The maximum absolute atomic E-state index is 13.4. The predicted molar refractivity (Wildman–Crippen MR) is 171 cm³/mol. The Hall–Kier alpha value is -5.36. The lowest BCUT2D eigenvalue weighted by Gasteiger charge is -2.20. The molecule has 6 aromatic rings. The summed E-state index contributed by atoms with van der Waals surface area (Å²) in [6.07, 6.45) is -8.78. The molecule has 0 aliphatic carbocycles. The van der Waals surface area contributed by atoms with Gasteiger partial charge in [0, 0.05) is 6.42 Å². The molecule has 0 aliphatic rings. The topological polar surface area (TPSA) is 168 Å². The number of hydrogen-bond acceptors (Lipinski definition) is 8. The van der Waals surface area contributed by atoms with Crippen LogP contribution in [0.25, 0.3) is 22.1 Å². The molecule has 0 spiro atoms. The van der Waals surface area contributed by atoms with E-state index in [0.717, 1.165) is 24.3 Å². The lowest BCUT2D eigenvalue weighted by molar-refractivity contribution is -0.138. The normalized spacial score (nSPS) is 13.7. The number of aryl methyl sites for hydroxylation is 2. The van der Waals surface area contributed by atoms with E-state index in [0.29, 0.717) is 17.5 Å². The molecule has 2 atom stereocenters. The number of aromatic amines is 2. The second kappa shape index (κ2) is 13.4. The van der Waals surface area contributed by atoms with Crippen molar-refractivity contribution in [3.63, 3.8) is 0 Å². The first-order valence-corrected chi connectivity index (χ1v) is 15.7. The number of H-pyrrole nitrogens is 2. The van der Waals surface area contributed by atoms with E-state index >= 15 is 0 Å². The number of nitrogens with zero attached hydrogens (tertiary/aromatic N) is 6. The van der Waals surface area contributed by atoms with Crippen molar-refractivity contribution in [2.45, 2.75) is 70.8 Å². The van der Waals surface area contributed by atoms with Crippen LogP contribution < -0.4 is 11.1 Å². The van der Waals surface area contributed by atoms with Gasteiger partial charge in [-0.2, -0.15) is 36.5 Å². The average molecular weight is 717 g/mol. The van der Waals surface area contributed by atoms with Crippen LogP contribution in [0.4, 0.5) is 26.3 Å². The number of halogens is 6. The van der Waals surface area contributed by atoms with Crippen LogP contribution in [0.15, 0.2) is 58.1 Å². The van der Waals surface area contributed by atoms with Crippen LogP contribution >= 0.6 is 0 Å². The lowest BCUT2D eigenvalue weighted by atomic mass is 10.00. The summed E-state index contributed by atoms with van der Waals surface area (Å²) in [7, 11) is 0. The van der Waals surface area contributed by atoms with Gasteiger partial charge in [-0.25, -0.2) is 19.3 Å². The summed E-state index contributed by atoms with van der Waals surface area (Å²) in [5.41, 5.74) is -2.00. The standard InChI is InChI=1S/C33H30F6N8O4/c1-3-23(17-4-8-19(9-5-17)32(34,35)36)46-29-27(22(15-49)44-46)31(51)43-25(42-29)13-12-24(18-6-10-20(11-7-18)33(37,38)39)47-28-26(21(14-48)45-47)30(50)41-16(2)40-28/h4-11,23-24,48-49H,3,12-15H2,1-2H3,(H,40,41,50)(H,42,43,51). The highest BCUT2D eigenvalue weighted by atomic mass is 19.4. The minimum atomic E-state index is -4.60. The van der Waals surface area contributed by atoms with Crippen LogP contribution in [0.1, 0.15) is 77.1 Å². The van der Waals surface area contributed by atoms with E-state index in [1.54, 1.807) is 6.92 Å². The van der Waals surface area contributed by atoms with Gasteiger partial charge in [0.1, 0.15) is 33.8 Å². The monoisotopic (exact) mass is 716 g/mol. The van der Waals surface area contributed by atoms with Gasteiger partial charge >= 0.3 is 12.4 Å². The third-order valence-electron chi connectivity index (χ3n) is 8.61. The van der Waals surface area contributed by atoms with E-state index in [1.807, 2.05) is 0 Å². The molecule has 6 rings (SSSR count). The molecule has 4 N–H and O–H groups in total. The summed E-state index contributed by atoms with van der Waals surface area (Å²) in [4.78, 5) is 40.5. The van der Waals surface area contributed by atoms with Crippen molar-refractivity contribution >= 4 is 22.1 Å². The molecule has 0 saturated carbocycles. The number of rotatable bonds is 10. The predicted octanol–water partition coefficient (Wildman–Crippen LogP) is 5.10. The third kappa shape index (κ3) is 6.75. The van der Waals surface area contributed by atoms with Crippen molar-refractivity contribution in [1.29, 1.82) is 0 Å². The Morgan fingerprint density at radius 1 is 0.706 bits per heavy atom. The summed E-state index contributed by atoms with van der Waals surface area (Å²) in [5.74, 6) is 0.352. The molecule has 0 fully saturated rings. The number of benzene rings is 2. The van der Waals surface area contributed by atoms with Crippen LogP contribution in [-0.2, 0) is 32.0 Å². The van der Waals surface area contributed by atoms with Crippen molar-refractivity contribution in [3.05, 3.63) is 115 Å². The number of aliphatic hydroxyl groups is 2. The van der Waals surface area contributed by atoms with Gasteiger partial charge in [0.25, 0.3) is 11.1 Å². The van der Waals surface area contributed by atoms with Gasteiger partial charge in [-0.1, -0.05) is 31.2 Å². The number of nitrogens with one attached hydrogen (secondary N) is 2. The number of aromatic nitrogens is 8. The largest absolute Gasteiger partial charge is 0.416 e. The Morgan fingerprint density at radius 2 is 1.16 bits per heavy atom. The molecular weight excluding hydrogens is 686 g/mol. The smallest absolute Gasteiger partial charge is 0.390 e. The molecule has 2 unspecified atom stereocenters. The average Bonchev–Trinajstić information content (AvgIpc) is 3.64. The number of fused-ring (bicyclic) bond motifs is 2. The maximum atomic E-state index is 13.4. The van der Waals surface area contributed by atoms with Crippen molar-refractivity contribution in [3.8, 4) is 0 Å². The van der Waals surface area contributed by atoms with Gasteiger partial charge in [0.05, 0.1) is 36.4 Å². The van der Waals surface area contributed by atoms with Crippen LogP contribution in [0, 0.1) is 6.92 Å². The van der Waals surface area contributed by atoms with Crippen LogP contribution in [0.2, 0.25) is 0 Å². The Bertz CT molecular complexity index is 2320. The molecule has 0 amide bonds. The number of hydrogen-bond donors (Lipinski definition) is 4. The highest BCUT2D eigenvalue weighted by Gasteiger charge is 2.32. The first-order valence-electron chi connectivity index (χ1n) is 15.7. The molecule has 51 heavy (non-hydrogen) atoms. The Morgan fingerprint density at radius 3 is 1.63 bits per heavy atom. The summed E-state index contributed by atoms with van der Waals surface area (Å²) in [5, 5.41) is 28.8. The van der Waals surface area contributed by atoms with Crippen molar-refractivity contribution < 1.29 is 36.6 Å². The van der Waals surface area contributed by atoms with Gasteiger partial charge in [-0.3, -0.25) is 9.59 Å². The molecule has 0 aliphatic heterocycles. The molecule has 268 valence electrons. The van der Waals surface area contributed by atoms with Crippen LogP contribution in [0.5, 0.6) is 0 Å². The Labute approximate surface area is 283 Å². The summed E-state index contributed by atoms with van der Waals surface area (Å²) in [6.45, 7) is 2.05. The van der Waals surface area contributed by atoms with Crippen molar-refractivity contribution in [2.24, 2.45) is 0 Å². The minimum Gasteiger partial charge on any atom is -0.390 e. The van der Waals surface area contributed by atoms with E-state index in [9.17, 15) is 46.1 Å². The first-order chi connectivity index (χ1) is 24.1. The zero-order chi connectivity index (χ0) is 36.8. The number of aliphatic hydroxyl groups excluding tert-OH is 2. The maximum Gasteiger partial charge on any atom is 0.416 e. The molecule has 2 aromatic carbocycles. The van der Waals surface area contributed by atoms with E-state index in [4.69, 9.17) is 0 Å². The molecule has 18 heteroatoms. The molecular formula is C33H30F6N8O4. The SMILES string of the molecule is CCC(c1ccc(C(F)(F)F)cc1)n1nc(CO)c2c(=O)[nH]c(CCC(c3ccc(C(F)(F)F)cc3)n3nc(CO)c4c(=O)[nH]c(C)nc43)nc21.